The van der Waals surface area contributed by atoms with Crippen molar-refractivity contribution in [1.29, 1.82) is 0 Å². The summed E-state index contributed by atoms with van der Waals surface area (Å²) in [6.07, 6.45) is 0. The molecule has 0 bridgehead atoms. The van der Waals surface area contributed by atoms with Gasteiger partial charge in [0.15, 0.2) is 0 Å². The van der Waals surface area contributed by atoms with Crippen LogP contribution in [0.4, 0.5) is 0 Å². The molecule has 0 aliphatic heterocycles. The molecule has 80 valence electrons. The summed E-state index contributed by atoms with van der Waals surface area (Å²) in [5, 5.41) is 6.89. The summed E-state index contributed by atoms with van der Waals surface area (Å²) in [6, 6.07) is 6.38. The van der Waals surface area contributed by atoms with Crippen LogP contribution in [0.3, 0.4) is 0 Å². The van der Waals surface area contributed by atoms with Crippen LogP contribution in [0, 0.1) is 20.8 Å². The molecule has 0 amide bonds. The van der Waals surface area contributed by atoms with Crippen LogP contribution in [0.2, 0.25) is 0 Å². The Labute approximate surface area is 86.6 Å². The molecule has 1 N–H and O–H groups in total. The minimum absolute atomic E-state index is 0.250. The van der Waals surface area contributed by atoms with Gasteiger partial charge >= 0.3 is 0 Å². The highest BCUT2D eigenvalue weighted by Gasteiger charge is 1.91. The molecular formula is C12H20O2. The fourth-order valence-corrected chi connectivity index (χ4v) is 0.898. The fourth-order valence-electron chi connectivity index (χ4n) is 0.898. The van der Waals surface area contributed by atoms with Gasteiger partial charge in [-0.2, -0.15) is 0 Å². The molecule has 1 aromatic carbocycles. The van der Waals surface area contributed by atoms with E-state index in [9.17, 15) is 0 Å². The van der Waals surface area contributed by atoms with Crippen molar-refractivity contribution in [1.82, 2.24) is 0 Å². The monoisotopic (exact) mass is 196 g/mol. The molecule has 1 aromatic rings. The molecule has 0 atom stereocenters. The van der Waals surface area contributed by atoms with Gasteiger partial charge in [-0.3, -0.25) is 4.79 Å². The van der Waals surface area contributed by atoms with Crippen LogP contribution in [-0.2, 0) is 4.79 Å². The number of hydrogen-bond donors (Lipinski definition) is 1. The average molecular weight is 196 g/mol. The topological polar surface area (TPSA) is 37.3 Å². The number of rotatable bonds is 0. The van der Waals surface area contributed by atoms with Crippen molar-refractivity contribution in [3.63, 3.8) is 0 Å². The molecule has 0 aliphatic carbocycles. The van der Waals surface area contributed by atoms with Crippen molar-refractivity contribution in [3.05, 3.63) is 34.9 Å². The lowest BCUT2D eigenvalue weighted by molar-refractivity contribution is -0.122. The van der Waals surface area contributed by atoms with Crippen molar-refractivity contribution in [3.8, 4) is 0 Å². The number of hydrogen-bond acceptors (Lipinski definition) is 1. The van der Waals surface area contributed by atoms with Crippen LogP contribution in [0.5, 0.6) is 0 Å². The molecule has 2 heteroatoms. The van der Waals surface area contributed by atoms with Crippen LogP contribution in [-0.4, -0.2) is 11.6 Å². The minimum Gasteiger partial charge on any atom is -0.483 e. The Balaban J connectivity index is 0. The Morgan fingerprint density at radius 1 is 1.07 bits per heavy atom. The summed E-state index contributed by atoms with van der Waals surface area (Å²) in [5.41, 5.74) is 4.18. The van der Waals surface area contributed by atoms with Gasteiger partial charge in [0.25, 0.3) is 6.47 Å². The molecule has 1 rings (SSSR count). The Hall–Kier alpha value is -1.31. The molecule has 0 fully saturated rings. The zero-order valence-electron chi connectivity index (χ0n) is 9.66. The lowest BCUT2D eigenvalue weighted by Gasteiger charge is -2.00. The standard InChI is InChI=1S/C9H12.C2H6.CH2O2/c1-7-5-4-6-8(2)9(7)3;1-2;2-1-3/h4-6H,1-3H3;1-2H3;1H,(H,2,3). The second kappa shape index (κ2) is 9.78. The summed E-state index contributed by atoms with van der Waals surface area (Å²) < 4.78 is 0. The van der Waals surface area contributed by atoms with Gasteiger partial charge in [0.2, 0.25) is 0 Å². The van der Waals surface area contributed by atoms with Crippen LogP contribution < -0.4 is 0 Å². The van der Waals surface area contributed by atoms with Gasteiger partial charge < -0.3 is 5.11 Å². The highest BCUT2D eigenvalue weighted by Crippen LogP contribution is 2.09. The number of aryl methyl sites for hydroxylation is 2. The molecule has 0 radical (unpaired) electrons. The van der Waals surface area contributed by atoms with Crippen molar-refractivity contribution < 1.29 is 9.90 Å². The lowest BCUT2D eigenvalue weighted by Crippen LogP contribution is -1.82. The summed E-state index contributed by atoms with van der Waals surface area (Å²) in [7, 11) is 0. The summed E-state index contributed by atoms with van der Waals surface area (Å²) in [6.45, 7) is 10.2. The Kier molecular flexibility index (Phi) is 10.6. The average Bonchev–Trinajstić information content (AvgIpc) is 2.19. The highest BCUT2D eigenvalue weighted by atomic mass is 16.3. The van der Waals surface area contributed by atoms with Crippen molar-refractivity contribution in [2.75, 3.05) is 0 Å². The van der Waals surface area contributed by atoms with E-state index in [2.05, 4.69) is 39.0 Å². The first-order valence-electron chi connectivity index (χ1n) is 4.74. The maximum absolute atomic E-state index is 8.36. The van der Waals surface area contributed by atoms with E-state index in [4.69, 9.17) is 9.90 Å². The van der Waals surface area contributed by atoms with E-state index < -0.39 is 0 Å². The number of carboxylic acid groups (broad SMARTS) is 1. The molecule has 0 heterocycles. The normalized spacial score (nSPS) is 7.50. The van der Waals surface area contributed by atoms with Gasteiger partial charge in [-0.25, -0.2) is 0 Å². The molecule has 0 unspecified atom stereocenters. The first-order chi connectivity index (χ1) is 6.63. The van der Waals surface area contributed by atoms with Gasteiger partial charge in [-0.1, -0.05) is 32.0 Å². The van der Waals surface area contributed by atoms with E-state index in [1.165, 1.54) is 16.7 Å². The predicted octanol–water partition coefficient (Wildman–Crippen LogP) is 3.34. The number of benzene rings is 1. The van der Waals surface area contributed by atoms with Crippen LogP contribution in [0.15, 0.2) is 18.2 Å². The maximum Gasteiger partial charge on any atom is 0.290 e. The molecule has 0 aliphatic rings. The third-order valence-electron chi connectivity index (χ3n) is 1.88. The predicted molar refractivity (Wildman–Crippen MR) is 60.7 cm³/mol. The third kappa shape index (κ3) is 6.23. The van der Waals surface area contributed by atoms with Gasteiger partial charge in [-0.05, 0) is 37.5 Å². The third-order valence-corrected chi connectivity index (χ3v) is 1.88. The van der Waals surface area contributed by atoms with E-state index in [1.807, 2.05) is 13.8 Å². The molecule has 14 heavy (non-hydrogen) atoms. The van der Waals surface area contributed by atoms with Gasteiger partial charge in [-0.15, -0.1) is 0 Å². The zero-order valence-corrected chi connectivity index (χ0v) is 9.66. The second-order valence-corrected chi connectivity index (χ2v) is 2.62. The van der Waals surface area contributed by atoms with Crippen molar-refractivity contribution in [2.45, 2.75) is 34.6 Å². The first-order valence-corrected chi connectivity index (χ1v) is 4.74. The van der Waals surface area contributed by atoms with Crippen molar-refractivity contribution in [2.24, 2.45) is 0 Å². The molecule has 0 saturated heterocycles. The second-order valence-electron chi connectivity index (χ2n) is 2.62. The summed E-state index contributed by atoms with van der Waals surface area (Å²) >= 11 is 0. The lowest BCUT2D eigenvalue weighted by atomic mass is 10.1. The molecule has 0 aromatic heterocycles. The van der Waals surface area contributed by atoms with Crippen LogP contribution in [0.1, 0.15) is 30.5 Å². The molecule has 0 spiro atoms. The quantitative estimate of drug-likeness (QED) is 0.646. The fraction of sp³-hybridized carbons (Fsp3) is 0.417. The van der Waals surface area contributed by atoms with E-state index in [0.717, 1.165) is 0 Å². The smallest absolute Gasteiger partial charge is 0.290 e. The van der Waals surface area contributed by atoms with Gasteiger partial charge in [0, 0.05) is 0 Å². The van der Waals surface area contributed by atoms with E-state index in [1.54, 1.807) is 0 Å². The molecule has 2 nitrogen and oxygen atoms in total. The highest BCUT2D eigenvalue weighted by molar-refractivity contribution is 5.32. The van der Waals surface area contributed by atoms with Gasteiger partial charge in [0.1, 0.15) is 0 Å². The largest absolute Gasteiger partial charge is 0.483 e. The van der Waals surface area contributed by atoms with E-state index >= 15 is 0 Å². The molecule has 0 saturated carbocycles. The van der Waals surface area contributed by atoms with Crippen molar-refractivity contribution >= 4 is 6.47 Å². The number of carbonyl (C=O) groups is 1. The van der Waals surface area contributed by atoms with E-state index in [0.29, 0.717) is 0 Å². The Morgan fingerprint density at radius 2 is 1.36 bits per heavy atom. The van der Waals surface area contributed by atoms with Gasteiger partial charge in [0.05, 0.1) is 0 Å². The van der Waals surface area contributed by atoms with Crippen LogP contribution in [0.25, 0.3) is 0 Å². The van der Waals surface area contributed by atoms with E-state index in [-0.39, 0.29) is 6.47 Å². The van der Waals surface area contributed by atoms with Crippen LogP contribution >= 0.6 is 0 Å². The Morgan fingerprint density at radius 3 is 1.57 bits per heavy atom. The zero-order chi connectivity index (χ0) is 11.6. The Bertz CT molecular complexity index is 234. The summed E-state index contributed by atoms with van der Waals surface area (Å²) in [4.78, 5) is 8.36. The minimum atomic E-state index is -0.250. The summed E-state index contributed by atoms with van der Waals surface area (Å²) in [5.74, 6) is 0. The SMILES string of the molecule is CC.Cc1cccc(C)c1C.O=CO. The first kappa shape index (κ1) is 15.2. The maximum atomic E-state index is 8.36. The molecular weight excluding hydrogens is 176 g/mol.